The standard InChI is InChI=1S/C28H32N2Si.C14H11B/c1-2-3-4-7-12-24-17-19-27(20-18-24)31-28(30-22-21-29-23-30,25-13-8-5-9-14-25)26-15-10-6-11-16-26;15-11-14(12-7-3-1-4-8-12)13-9-5-2-6-10-13/h5-6,8-11,13-23H,2-4,7,12,31H2,1H3;1-11H. The number of imidazole rings is 1. The van der Waals surface area contributed by atoms with E-state index in [1.54, 1.807) is 5.98 Å². The van der Waals surface area contributed by atoms with Crippen molar-refractivity contribution in [2.75, 3.05) is 0 Å². The SMILES string of the molecule is CCCCCCc1ccc([SiH2]C(c2ccccc2)(c2ccccc2)n2ccnc2)cc1.[B]C=C(c1ccccc1)c1ccccc1. The van der Waals surface area contributed by atoms with Gasteiger partial charge in [-0.3, -0.25) is 0 Å². The van der Waals surface area contributed by atoms with Gasteiger partial charge in [-0.05, 0) is 46.2 Å². The first-order chi connectivity index (χ1) is 22.7. The van der Waals surface area contributed by atoms with Crippen LogP contribution in [0.4, 0.5) is 0 Å². The van der Waals surface area contributed by atoms with Gasteiger partial charge in [0.25, 0.3) is 0 Å². The smallest absolute Gasteiger partial charge is 0.103 e. The molecule has 0 saturated carbocycles. The van der Waals surface area contributed by atoms with Crippen molar-refractivity contribution in [3.05, 3.63) is 198 Å². The Labute approximate surface area is 279 Å². The molecule has 0 fully saturated rings. The highest BCUT2D eigenvalue weighted by Gasteiger charge is 2.36. The summed E-state index contributed by atoms with van der Waals surface area (Å²) in [6, 6.07) is 51.6. The van der Waals surface area contributed by atoms with E-state index in [-0.39, 0.29) is 5.16 Å². The molecule has 2 nitrogen and oxygen atoms in total. The summed E-state index contributed by atoms with van der Waals surface area (Å²) in [5, 5.41) is 1.26. The minimum atomic E-state index is -0.790. The number of rotatable bonds is 12. The van der Waals surface area contributed by atoms with Crippen molar-refractivity contribution in [3.63, 3.8) is 0 Å². The second-order valence-electron chi connectivity index (χ2n) is 11.7. The van der Waals surface area contributed by atoms with E-state index in [1.807, 2.05) is 48.9 Å². The third-order valence-electron chi connectivity index (χ3n) is 8.59. The number of unbranched alkanes of at least 4 members (excludes halogenated alkanes) is 3. The zero-order valence-corrected chi connectivity index (χ0v) is 28.3. The molecular weight excluding hydrogens is 571 g/mol. The van der Waals surface area contributed by atoms with Crippen LogP contribution < -0.4 is 5.19 Å². The van der Waals surface area contributed by atoms with Crippen molar-refractivity contribution >= 4 is 28.1 Å². The van der Waals surface area contributed by atoms with Crippen LogP contribution >= 0.6 is 0 Å². The zero-order valence-electron chi connectivity index (χ0n) is 26.9. The summed E-state index contributed by atoms with van der Waals surface area (Å²) < 4.78 is 2.32. The second-order valence-corrected chi connectivity index (χ2v) is 13.9. The van der Waals surface area contributed by atoms with E-state index in [2.05, 4.69) is 132 Å². The molecule has 0 unspecified atom stereocenters. The second kappa shape index (κ2) is 17.1. The van der Waals surface area contributed by atoms with Gasteiger partial charge >= 0.3 is 0 Å². The summed E-state index contributed by atoms with van der Waals surface area (Å²) in [4.78, 5) is 4.43. The van der Waals surface area contributed by atoms with Crippen LogP contribution in [0.3, 0.4) is 0 Å². The average molecular weight is 615 g/mol. The predicted molar refractivity (Wildman–Crippen MR) is 199 cm³/mol. The van der Waals surface area contributed by atoms with Crippen LogP contribution in [0.15, 0.2) is 170 Å². The van der Waals surface area contributed by atoms with Crippen LogP contribution in [-0.4, -0.2) is 26.9 Å². The molecule has 0 aliphatic rings. The number of hydrogen-bond acceptors (Lipinski definition) is 1. The van der Waals surface area contributed by atoms with Gasteiger partial charge < -0.3 is 4.57 Å². The molecule has 5 aromatic carbocycles. The average Bonchev–Trinajstić information content (AvgIpc) is 3.68. The van der Waals surface area contributed by atoms with Crippen LogP contribution in [0.5, 0.6) is 0 Å². The van der Waals surface area contributed by atoms with Gasteiger partial charge in [-0.15, -0.1) is 5.98 Å². The monoisotopic (exact) mass is 614 g/mol. The lowest BCUT2D eigenvalue weighted by Gasteiger charge is -2.37. The Kier molecular flexibility index (Phi) is 12.2. The third-order valence-corrected chi connectivity index (χ3v) is 11.2. The van der Waals surface area contributed by atoms with E-state index < -0.39 is 9.52 Å². The maximum Gasteiger partial charge on any atom is 0.103 e. The van der Waals surface area contributed by atoms with Crippen molar-refractivity contribution in [2.24, 2.45) is 0 Å². The first-order valence-corrected chi connectivity index (χ1v) is 17.9. The topological polar surface area (TPSA) is 17.8 Å². The largest absolute Gasteiger partial charge is 0.326 e. The maximum atomic E-state index is 5.67. The molecule has 0 amide bonds. The molecule has 6 aromatic rings. The lowest BCUT2D eigenvalue weighted by molar-refractivity contribution is 0.596. The summed E-state index contributed by atoms with van der Waals surface area (Å²) in [5.74, 6) is 1.66. The van der Waals surface area contributed by atoms with Crippen molar-refractivity contribution < 1.29 is 0 Å². The van der Waals surface area contributed by atoms with E-state index in [4.69, 9.17) is 7.85 Å². The van der Waals surface area contributed by atoms with Crippen molar-refractivity contribution in [3.8, 4) is 0 Å². The fraction of sp³-hybridized carbons (Fsp3) is 0.167. The van der Waals surface area contributed by atoms with Crippen molar-refractivity contribution in [1.82, 2.24) is 9.55 Å². The van der Waals surface area contributed by atoms with Gasteiger partial charge in [-0.25, -0.2) is 4.98 Å². The minimum absolute atomic E-state index is 0.207. The highest BCUT2D eigenvalue weighted by molar-refractivity contribution is 6.57. The Hall–Kier alpha value is -4.67. The molecule has 0 aliphatic carbocycles. The molecule has 0 N–H and O–H groups in total. The van der Waals surface area contributed by atoms with Crippen LogP contribution in [-0.2, 0) is 11.6 Å². The van der Waals surface area contributed by atoms with E-state index in [0.29, 0.717) is 0 Å². The molecule has 46 heavy (non-hydrogen) atoms. The first-order valence-electron chi connectivity index (χ1n) is 16.4. The van der Waals surface area contributed by atoms with E-state index in [0.717, 1.165) is 16.7 Å². The van der Waals surface area contributed by atoms with E-state index in [1.165, 1.54) is 54.0 Å². The zero-order chi connectivity index (χ0) is 31.9. The fourth-order valence-electron chi connectivity index (χ4n) is 6.14. The molecule has 228 valence electrons. The normalized spacial score (nSPS) is 11.2. The molecule has 0 aliphatic heterocycles. The molecule has 0 bridgehead atoms. The Bertz CT molecular complexity index is 1640. The molecule has 1 heterocycles. The lowest BCUT2D eigenvalue weighted by atomic mass is 9.92. The lowest BCUT2D eigenvalue weighted by Crippen LogP contribution is -2.46. The van der Waals surface area contributed by atoms with Gasteiger partial charge in [-0.1, -0.05) is 177 Å². The summed E-state index contributed by atoms with van der Waals surface area (Å²) in [7, 11) is 4.88. The van der Waals surface area contributed by atoms with E-state index in [9.17, 15) is 0 Å². The van der Waals surface area contributed by atoms with Gasteiger partial charge in [0.15, 0.2) is 0 Å². The molecule has 0 saturated heterocycles. The molecule has 6 rings (SSSR count). The van der Waals surface area contributed by atoms with Gasteiger partial charge in [0.1, 0.15) is 7.85 Å². The fourth-order valence-corrected chi connectivity index (χ4v) is 8.45. The number of aryl methyl sites for hydroxylation is 1. The molecule has 2 radical (unpaired) electrons. The van der Waals surface area contributed by atoms with Crippen molar-refractivity contribution in [2.45, 2.75) is 44.2 Å². The number of aromatic nitrogens is 2. The summed E-state index contributed by atoms with van der Waals surface area (Å²) in [5.41, 5.74) is 7.47. The molecular formula is C42H43BN2Si. The molecule has 1 aromatic heterocycles. The van der Waals surface area contributed by atoms with Gasteiger partial charge in [-0.2, -0.15) is 0 Å². The Morgan fingerprint density at radius 1 is 0.674 bits per heavy atom. The quantitative estimate of drug-likeness (QED) is 0.0999. The van der Waals surface area contributed by atoms with Crippen LogP contribution in [0, 0.1) is 0 Å². The highest BCUT2D eigenvalue weighted by Crippen LogP contribution is 2.33. The third kappa shape index (κ3) is 8.32. The number of benzene rings is 5. The maximum absolute atomic E-state index is 5.67. The van der Waals surface area contributed by atoms with Crippen LogP contribution in [0.2, 0.25) is 0 Å². The Morgan fingerprint density at radius 2 is 1.20 bits per heavy atom. The first kappa shape index (κ1) is 32.7. The van der Waals surface area contributed by atoms with E-state index >= 15 is 0 Å². The van der Waals surface area contributed by atoms with Crippen molar-refractivity contribution in [1.29, 1.82) is 0 Å². The number of hydrogen-bond donors (Lipinski definition) is 0. The van der Waals surface area contributed by atoms with Gasteiger partial charge in [0.05, 0.1) is 21.0 Å². The molecule has 4 heteroatoms. The van der Waals surface area contributed by atoms with Gasteiger partial charge in [0.2, 0.25) is 0 Å². The summed E-state index contributed by atoms with van der Waals surface area (Å²) in [6.45, 7) is 2.27. The Morgan fingerprint density at radius 3 is 1.65 bits per heavy atom. The molecule has 0 atom stereocenters. The number of nitrogens with zero attached hydrogens (tertiary/aromatic N) is 2. The summed E-state index contributed by atoms with van der Waals surface area (Å²) >= 11 is 0. The Balaban J connectivity index is 0.000000232. The molecule has 0 spiro atoms. The van der Waals surface area contributed by atoms with Crippen LogP contribution in [0.25, 0.3) is 5.57 Å². The minimum Gasteiger partial charge on any atom is -0.326 e. The predicted octanol–water partition coefficient (Wildman–Crippen LogP) is 8.49. The van der Waals surface area contributed by atoms with Gasteiger partial charge in [0, 0.05) is 12.4 Å². The van der Waals surface area contributed by atoms with Crippen LogP contribution in [0.1, 0.15) is 60.4 Å². The highest BCUT2D eigenvalue weighted by atomic mass is 28.2. The summed E-state index contributed by atoms with van der Waals surface area (Å²) in [6.07, 6.45) is 12.4.